The van der Waals surface area contributed by atoms with E-state index in [2.05, 4.69) is 17.1 Å². The molecular formula is C16H18F3N3. The van der Waals surface area contributed by atoms with Crippen molar-refractivity contribution in [3.8, 4) is 0 Å². The van der Waals surface area contributed by atoms with Crippen molar-refractivity contribution in [2.24, 2.45) is 0 Å². The van der Waals surface area contributed by atoms with Gasteiger partial charge in [0, 0.05) is 31.4 Å². The predicted octanol–water partition coefficient (Wildman–Crippen LogP) is 3.85. The first-order valence-corrected chi connectivity index (χ1v) is 6.95. The van der Waals surface area contributed by atoms with Crippen molar-refractivity contribution in [3.05, 3.63) is 54.5 Å². The van der Waals surface area contributed by atoms with Crippen LogP contribution in [0.4, 0.5) is 13.2 Å². The molecule has 0 fully saturated rings. The van der Waals surface area contributed by atoms with Gasteiger partial charge < -0.3 is 9.80 Å². The maximum atomic E-state index is 12.2. The van der Waals surface area contributed by atoms with Crippen LogP contribution >= 0.6 is 0 Å². The lowest BCUT2D eigenvalue weighted by Crippen LogP contribution is -2.30. The van der Waals surface area contributed by atoms with Crippen LogP contribution in [0.2, 0.25) is 0 Å². The monoisotopic (exact) mass is 309 g/mol. The zero-order valence-corrected chi connectivity index (χ0v) is 12.5. The Morgan fingerprint density at radius 1 is 1.14 bits per heavy atom. The Bertz CT molecular complexity index is 587. The van der Waals surface area contributed by atoms with E-state index in [-0.39, 0.29) is 0 Å². The summed E-state index contributed by atoms with van der Waals surface area (Å²) in [6.45, 7) is 2.42. The topological polar surface area (TPSA) is 19.4 Å². The quantitative estimate of drug-likeness (QED) is 0.797. The number of aromatic nitrogens is 1. The van der Waals surface area contributed by atoms with Crippen LogP contribution in [0.1, 0.15) is 6.92 Å². The minimum absolute atomic E-state index is 0.325. The Hall–Kier alpha value is -2.24. The number of nitrogens with zero attached hydrogens (tertiary/aromatic N) is 3. The molecule has 0 spiro atoms. The predicted molar refractivity (Wildman–Crippen MR) is 80.9 cm³/mol. The number of rotatable bonds is 1. The van der Waals surface area contributed by atoms with Crippen LogP contribution in [-0.2, 0) is 0 Å². The Morgan fingerprint density at radius 2 is 1.82 bits per heavy atom. The van der Waals surface area contributed by atoms with Gasteiger partial charge in [-0.05, 0) is 19.1 Å². The Kier molecular flexibility index (Phi) is 4.90. The maximum Gasteiger partial charge on any atom is 0.432 e. The van der Waals surface area contributed by atoms with Crippen molar-refractivity contribution in [1.82, 2.24) is 14.8 Å². The van der Waals surface area contributed by atoms with E-state index in [9.17, 15) is 13.2 Å². The number of pyridine rings is 1. The van der Waals surface area contributed by atoms with E-state index in [4.69, 9.17) is 0 Å². The lowest BCUT2D eigenvalue weighted by Gasteiger charge is -2.21. The molecule has 0 amide bonds. The summed E-state index contributed by atoms with van der Waals surface area (Å²) in [4.78, 5) is 6.99. The summed E-state index contributed by atoms with van der Waals surface area (Å²) in [5.74, 6) is 0. The van der Waals surface area contributed by atoms with Gasteiger partial charge in [-0.3, -0.25) is 4.98 Å². The third-order valence-electron chi connectivity index (χ3n) is 3.26. The average molecular weight is 309 g/mol. The van der Waals surface area contributed by atoms with Crippen molar-refractivity contribution in [2.75, 3.05) is 20.3 Å². The van der Waals surface area contributed by atoms with Crippen LogP contribution in [0, 0.1) is 0 Å². The molecule has 118 valence electrons. The van der Waals surface area contributed by atoms with Crippen LogP contribution in [0.3, 0.4) is 0 Å². The molecule has 3 rings (SSSR count). The van der Waals surface area contributed by atoms with E-state index in [0.29, 0.717) is 13.2 Å². The van der Waals surface area contributed by atoms with Gasteiger partial charge in [-0.1, -0.05) is 24.3 Å². The summed E-state index contributed by atoms with van der Waals surface area (Å²) in [5.41, 5.74) is 0.512. The molecule has 1 aromatic heterocycles. The standard InChI is InChI=1S/C9H7N.C7H11F3N2/c1-2-6-9-8(4-1)5-3-7-10-9;1-3-12-5-11(2)4-6(12)7(8,9)10/h1-7H;4H,3,5H2,1-2H3. The summed E-state index contributed by atoms with van der Waals surface area (Å²) < 4.78 is 36.7. The second-order valence-electron chi connectivity index (χ2n) is 4.96. The van der Waals surface area contributed by atoms with Gasteiger partial charge in [-0.25, -0.2) is 0 Å². The van der Waals surface area contributed by atoms with Gasteiger partial charge in [0.25, 0.3) is 0 Å². The van der Waals surface area contributed by atoms with Gasteiger partial charge >= 0.3 is 6.18 Å². The molecule has 1 aliphatic rings. The molecule has 0 atom stereocenters. The summed E-state index contributed by atoms with van der Waals surface area (Å²) in [5, 5.41) is 1.20. The third kappa shape index (κ3) is 3.90. The molecule has 0 saturated heterocycles. The number of benzene rings is 1. The van der Waals surface area contributed by atoms with Crippen molar-refractivity contribution >= 4 is 10.9 Å². The molecular weight excluding hydrogens is 291 g/mol. The van der Waals surface area contributed by atoms with E-state index >= 15 is 0 Å². The molecule has 22 heavy (non-hydrogen) atoms. The normalized spacial score (nSPS) is 14.7. The molecule has 0 N–H and O–H groups in total. The first-order chi connectivity index (χ1) is 10.4. The fourth-order valence-corrected chi connectivity index (χ4v) is 2.22. The summed E-state index contributed by atoms with van der Waals surface area (Å²) >= 11 is 0. The maximum absolute atomic E-state index is 12.2. The highest BCUT2D eigenvalue weighted by atomic mass is 19.4. The fourth-order valence-electron chi connectivity index (χ4n) is 2.22. The number of alkyl halides is 3. The highest BCUT2D eigenvalue weighted by Gasteiger charge is 2.40. The molecule has 1 aliphatic heterocycles. The van der Waals surface area contributed by atoms with Crippen LogP contribution in [-0.4, -0.2) is 41.2 Å². The minimum Gasteiger partial charge on any atom is -0.361 e. The lowest BCUT2D eigenvalue weighted by molar-refractivity contribution is -0.109. The first kappa shape index (κ1) is 16.1. The highest BCUT2D eigenvalue weighted by molar-refractivity contribution is 5.77. The second-order valence-corrected chi connectivity index (χ2v) is 4.96. The third-order valence-corrected chi connectivity index (χ3v) is 3.26. The van der Waals surface area contributed by atoms with Gasteiger partial charge in [0.15, 0.2) is 0 Å². The molecule has 2 heterocycles. The van der Waals surface area contributed by atoms with Crippen molar-refractivity contribution in [3.63, 3.8) is 0 Å². The average Bonchev–Trinajstić information content (AvgIpc) is 2.89. The zero-order valence-electron chi connectivity index (χ0n) is 12.5. The SMILES string of the molecule is CCN1CN(C)C=C1C(F)(F)F.c1ccc2ncccc2c1. The molecule has 2 aromatic rings. The van der Waals surface area contributed by atoms with Gasteiger partial charge in [0.05, 0.1) is 12.2 Å². The molecule has 0 saturated carbocycles. The van der Waals surface area contributed by atoms with Gasteiger partial charge in [-0.2, -0.15) is 13.2 Å². The van der Waals surface area contributed by atoms with Crippen molar-refractivity contribution in [1.29, 1.82) is 0 Å². The second kappa shape index (κ2) is 6.68. The van der Waals surface area contributed by atoms with Gasteiger partial charge in [0.1, 0.15) is 5.70 Å². The zero-order chi connectivity index (χ0) is 16.2. The molecule has 3 nitrogen and oxygen atoms in total. The van der Waals surface area contributed by atoms with Gasteiger partial charge in [-0.15, -0.1) is 0 Å². The number of para-hydroxylation sites is 1. The summed E-state index contributed by atoms with van der Waals surface area (Å²) in [6, 6.07) is 12.1. The van der Waals surface area contributed by atoms with E-state index in [1.807, 2.05) is 30.5 Å². The summed E-state index contributed by atoms with van der Waals surface area (Å²) in [6.07, 6.45) is -1.29. The summed E-state index contributed by atoms with van der Waals surface area (Å²) in [7, 11) is 1.63. The molecule has 0 bridgehead atoms. The number of halogens is 3. The number of hydrogen-bond acceptors (Lipinski definition) is 3. The van der Waals surface area contributed by atoms with Crippen LogP contribution in [0.25, 0.3) is 10.9 Å². The number of hydrogen-bond donors (Lipinski definition) is 0. The molecule has 1 aromatic carbocycles. The Labute approximate surface area is 127 Å². The lowest BCUT2D eigenvalue weighted by atomic mass is 10.2. The van der Waals surface area contributed by atoms with Crippen molar-refractivity contribution in [2.45, 2.75) is 13.1 Å². The molecule has 6 heteroatoms. The van der Waals surface area contributed by atoms with Gasteiger partial charge in [0.2, 0.25) is 0 Å². The molecule has 0 aliphatic carbocycles. The van der Waals surface area contributed by atoms with Crippen LogP contribution in [0.15, 0.2) is 54.5 Å². The number of allylic oxidation sites excluding steroid dienone is 1. The first-order valence-electron chi connectivity index (χ1n) is 6.95. The highest BCUT2D eigenvalue weighted by Crippen LogP contribution is 2.31. The van der Waals surface area contributed by atoms with E-state index in [1.165, 1.54) is 15.2 Å². The van der Waals surface area contributed by atoms with Crippen LogP contribution in [0.5, 0.6) is 0 Å². The number of fused-ring (bicyclic) bond motifs is 1. The largest absolute Gasteiger partial charge is 0.432 e. The Balaban J connectivity index is 0.000000162. The minimum atomic E-state index is -4.22. The smallest absolute Gasteiger partial charge is 0.361 e. The molecule has 0 radical (unpaired) electrons. The molecule has 0 unspecified atom stereocenters. The Morgan fingerprint density at radius 3 is 2.41 bits per heavy atom. The van der Waals surface area contributed by atoms with E-state index in [1.54, 1.807) is 14.0 Å². The van der Waals surface area contributed by atoms with E-state index in [0.717, 1.165) is 11.7 Å². The van der Waals surface area contributed by atoms with E-state index < -0.39 is 11.9 Å². The van der Waals surface area contributed by atoms with Crippen LogP contribution < -0.4 is 0 Å². The fraction of sp³-hybridized carbons (Fsp3) is 0.312. The van der Waals surface area contributed by atoms with Crippen molar-refractivity contribution < 1.29 is 13.2 Å².